The molecular formula is C30H41N3. The summed E-state index contributed by atoms with van der Waals surface area (Å²) in [5.41, 5.74) is 9.96. The van der Waals surface area contributed by atoms with Gasteiger partial charge >= 0.3 is 0 Å². The van der Waals surface area contributed by atoms with Crippen molar-refractivity contribution in [2.45, 2.75) is 96.3 Å². The van der Waals surface area contributed by atoms with E-state index < -0.39 is 0 Å². The Balaban J connectivity index is 1.46. The third-order valence-electron chi connectivity index (χ3n) is 7.60. The molecule has 1 aliphatic carbocycles. The lowest BCUT2D eigenvalue weighted by Crippen LogP contribution is -2.25. The zero-order valence-electron chi connectivity index (χ0n) is 20.4. The molecule has 0 aliphatic heterocycles. The fraction of sp³-hybridized carbons (Fsp3) is 0.533. The number of rotatable bonds is 12. The van der Waals surface area contributed by atoms with Crippen LogP contribution >= 0.6 is 0 Å². The van der Waals surface area contributed by atoms with E-state index in [1.807, 2.05) is 24.3 Å². The third kappa shape index (κ3) is 7.19. The lowest BCUT2D eigenvalue weighted by Gasteiger charge is -2.35. The van der Waals surface area contributed by atoms with Gasteiger partial charge in [0.1, 0.15) is 5.84 Å². The molecule has 0 atom stereocenters. The minimum atomic E-state index is -0.0862. The van der Waals surface area contributed by atoms with Crippen LogP contribution in [0.5, 0.6) is 0 Å². The summed E-state index contributed by atoms with van der Waals surface area (Å²) in [6.07, 6.45) is 16.0. The number of amidine groups is 1. The first-order chi connectivity index (χ1) is 16.1. The van der Waals surface area contributed by atoms with Gasteiger partial charge in [0, 0.05) is 5.56 Å². The van der Waals surface area contributed by atoms with Gasteiger partial charge in [-0.05, 0) is 54.7 Å². The van der Waals surface area contributed by atoms with Crippen molar-refractivity contribution in [3.8, 4) is 17.2 Å². The highest BCUT2D eigenvalue weighted by atomic mass is 14.7. The fourth-order valence-electron chi connectivity index (χ4n) is 5.31. The van der Waals surface area contributed by atoms with Gasteiger partial charge in [-0.15, -0.1) is 0 Å². The number of nitriles is 1. The predicted octanol–water partition coefficient (Wildman–Crippen LogP) is 8.34. The number of nitrogens with one attached hydrogen (secondary N) is 1. The van der Waals surface area contributed by atoms with Gasteiger partial charge in [0.05, 0.1) is 11.5 Å². The Morgan fingerprint density at radius 2 is 1.39 bits per heavy atom. The van der Waals surface area contributed by atoms with Gasteiger partial charge in [-0.25, -0.2) is 0 Å². The molecule has 2 aromatic carbocycles. The number of hydrogen-bond acceptors (Lipinski definition) is 2. The number of nitrogen functional groups attached to an aromatic ring is 1. The van der Waals surface area contributed by atoms with Crippen molar-refractivity contribution in [3.05, 3.63) is 59.7 Å². The minimum Gasteiger partial charge on any atom is -0.384 e. The number of unbranched alkanes of at least 4 members (excludes halogenated alkanes) is 7. The summed E-state index contributed by atoms with van der Waals surface area (Å²) in [6, 6.07) is 19.5. The van der Waals surface area contributed by atoms with Crippen LogP contribution in [0.15, 0.2) is 48.5 Å². The van der Waals surface area contributed by atoms with E-state index in [-0.39, 0.29) is 11.3 Å². The second-order valence-electron chi connectivity index (χ2n) is 10.0. The maximum Gasteiger partial charge on any atom is 0.122 e. The van der Waals surface area contributed by atoms with Gasteiger partial charge in [0.2, 0.25) is 0 Å². The Morgan fingerprint density at radius 3 is 1.91 bits per heavy atom. The van der Waals surface area contributed by atoms with Crippen LogP contribution < -0.4 is 5.73 Å². The predicted molar refractivity (Wildman–Crippen MR) is 139 cm³/mol. The van der Waals surface area contributed by atoms with E-state index in [1.165, 1.54) is 62.5 Å². The molecule has 0 spiro atoms. The smallest absolute Gasteiger partial charge is 0.122 e. The van der Waals surface area contributed by atoms with Crippen LogP contribution in [0.3, 0.4) is 0 Å². The topological polar surface area (TPSA) is 73.7 Å². The largest absolute Gasteiger partial charge is 0.384 e. The molecule has 1 saturated carbocycles. The van der Waals surface area contributed by atoms with E-state index in [9.17, 15) is 5.26 Å². The van der Waals surface area contributed by atoms with Crippen molar-refractivity contribution in [2.75, 3.05) is 0 Å². The van der Waals surface area contributed by atoms with Crippen molar-refractivity contribution in [2.24, 2.45) is 11.1 Å². The van der Waals surface area contributed by atoms with Gasteiger partial charge in [-0.3, -0.25) is 5.41 Å². The van der Waals surface area contributed by atoms with E-state index in [1.54, 1.807) is 0 Å². The lowest BCUT2D eigenvalue weighted by molar-refractivity contribution is 0.222. The summed E-state index contributed by atoms with van der Waals surface area (Å²) >= 11 is 0. The molecule has 0 saturated heterocycles. The van der Waals surface area contributed by atoms with Crippen LogP contribution in [0.1, 0.15) is 107 Å². The van der Waals surface area contributed by atoms with E-state index in [2.05, 4.69) is 37.3 Å². The van der Waals surface area contributed by atoms with Crippen LogP contribution in [0.4, 0.5) is 0 Å². The van der Waals surface area contributed by atoms with Gasteiger partial charge < -0.3 is 5.73 Å². The van der Waals surface area contributed by atoms with Crippen molar-refractivity contribution < 1.29 is 0 Å². The molecule has 1 aliphatic rings. The summed E-state index contributed by atoms with van der Waals surface area (Å²) in [7, 11) is 0. The highest BCUT2D eigenvalue weighted by Gasteiger charge is 2.35. The quantitative estimate of drug-likeness (QED) is 0.196. The van der Waals surface area contributed by atoms with Gasteiger partial charge in [0.25, 0.3) is 0 Å². The Bertz CT molecular complexity index is 897. The molecule has 0 bridgehead atoms. The molecule has 0 heterocycles. The van der Waals surface area contributed by atoms with E-state index in [0.29, 0.717) is 5.92 Å². The molecule has 1 fully saturated rings. The first-order valence-electron chi connectivity index (χ1n) is 13.0. The molecular weight excluding hydrogens is 402 g/mol. The van der Waals surface area contributed by atoms with Gasteiger partial charge in [0.15, 0.2) is 0 Å². The SMILES string of the molecule is CCCCCCCCCCC1(C#N)CCC(c2ccc(-c3ccc(C(=N)N)cc3)cc2)CC1. The second-order valence-corrected chi connectivity index (χ2v) is 10.0. The number of benzene rings is 2. The zero-order chi connectivity index (χ0) is 23.5. The first kappa shape index (κ1) is 25.0. The van der Waals surface area contributed by atoms with E-state index >= 15 is 0 Å². The average Bonchev–Trinajstić information content (AvgIpc) is 2.86. The molecule has 3 rings (SSSR count). The zero-order valence-corrected chi connectivity index (χ0v) is 20.4. The normalized spacial score (nSPS) is 20.3. The summed E-state index contributed by atoms with van der Waals surface area (Å²) in [6.45, 7) is 2.27. The Morgan fingerprint density at radius 1 is 0.879 bits per heavy atom. The molecule has 3 heteroatoms. The van der Waals surface area contributed by atoms with Crippen molar-refractivity contribution in [1.29, 1.82) is 10.7 Å². The highest BCUT2D eigenvalue weighted by Crippen LogP contribution is 2.45. The van der Waals surface area contributed by atoms with Gasteiger partial charge in [-0.1, -0.05) is 107 Å². The minimum absolute atomic E-state index is 0.0862. The number of nitrogens with zero attached hydrogens (tertiary/aromatic N) is 1. The fourth-order valence-corrected chi connectivity index (χ4v) is 5.31. The molecule has 0 radical (unpaired) electrons. The maximum atomic E-state index is 9.94. The molecule has 0 aromatic heterocycles. The molecule has 3 nitrogen and oxygen atoms in total. The Labute approximate surface area is 200 Å². The summed E-state index contributed by atoms with van der Waals surface area (Å²) in [5, 5.41) is 17.5. The van der Waals surface area contributed by atoms with Crippen LogP contribution in [0.2, 0.25) is 0 Å². The lowest BCUT2D eigenvalue weighted by atomic mass is 9.67. The Hall–Kier alpha value is -2.60. The van der Waals surface area contributed by atoms with Crippen molar-refractivity contribution >= 4 is 5.84 Å². The van der Waals surface area contributed by atoms with E-state index in [4.69, 9.17) is 11.1 Å². The van der Waals surface area contributed by atoms with E-state index in [0.717, 1.165) is 43.2 Å². The monoisotopic (exact) mass is 443 g/mol. The molecule has 2 aromatic rings. The third-order valence-corrected chi connectivity index (χ3v) is 7.60. The molecule has 0 amide bonds. The number of nitrogens with two attached hydrogens (primary N) is 1. The molecule has 0 unspecified atom stereocenters. The summed E-state index contributed by atoms with van der Waals surface area (Å²) in [4.78, 5) is 0. The van der Waals surface area contributed by atoms with Crippen molar-refractivity contribution in [3.63, 3.8) is 0 Å². The standard InChI is InChI=1S/C30H41N3/c1-2-3-4-5-6-7-8-9-20-30(23-31)21-18-27(19-22-30)26-12-10-24(11-13-26)25-14-16-28(17-15-25)29(32)33/h10-17,27H,2-9,18-22H2,1H3,(H3,32,33). The van der Waals surface area contributed by atoms with Crippen LogP contribution in [0.25, 0.3) is 11.1 Å². The maximum absolute atomic E-state index is 9.94. The molecule has 176 valence electrons. The second kappa shape index (κ2) is 12.6. The highest BCUT2D eigenvalue weighted by molar-refractivity contribution is 5.95. The summed E-state index contributed by atoms with van der Waals surface area (Å²) < 4.78 is 0. The average molecular weight is 444 g/mol. The van der Waals surface area contributed by atoms with Crippen LogP contribution in [-0.2, 0) is 0 Å². The molecule has 3 N–H and O–H groups in total. The number of hydrogen-bond donors (Lipinski definition) is 2. The Kier molecular flexibility index (Phi) is 9.55. The van der Waals surface area contributed by atoms with Crippen molar-refractivity contribution in [1.82, 2.24) is 0 Å². The first-order valence-corrected chi connectivity index (χ1v) is 13.0. The van der Waals surface area contributed by atoms with Gasteiger partial charge in [-0.2, -0.15) is 5.26 Å². The molecule has 33 heavy (non-hydrogen) atoms. The summed E-state index contributed by atoms with van der Waals surface area (Å²) in [5.74, 6) is 0.671. The van der Waals surface area contributed by atoms with Crippen LogP contribution in [0, 0.1) is 22.2 Å². The van der Waals surface area contributed by atoms with Crippen LogP contribution in [-0.4, -0.2) is 5.84 Å².